The molecular formula is C24H24ClN3O4. The number of hydrogen-bond donors (Lipinski definition) is 3. The lowest BCUT2D eigenvalue weighted by atomic mass is 9.76. The second kappa shape index (κ2) is 7.60. The van der Waals surface area contributed by atoms with Crippen LogP contribution >= 0.6 is 11.6 Å². The summed E-state index contributed by atoms with van der Waals surface area (Å²) < 4.78 is 0. The van der Waals surface area contributed by atoms with E-state index in [9.17, 15) is 19.5 Å². The first kappa shape index (κ1) is 21.0. The molecule has 0 bridgehead atoms. The number of carbonyl (C=O) groups is 3. The van der Waals surface area contributed by atoms with Gasteiger partial charge in [-0.15, -0.1) is 0 Å². The molecule has 2 fully saturated rings. The molecule has 7 nitrogen and oxygen atoms in total. The van der Waals surface area contributed by atoms with E-state index in [1.54, 1.807) is 42.5 Å². The SMILES string of the molecule is CCCCN1C(=O)[C@@H]2[C@H](Cc3ccc(O)cc3)N[C@@]3(C(=O)Nc4c(Cl)cccc43)[C@@H]2C1=O. The second-order valence-corrected chi connectivity index (χ2v) is 9.14. The van der Waals surface area contributed by atoms with E-state index in [1.165, 1.54) is 4.90 Å². The molecule has 4 atom stereocenters. The van der Waals surface area contributed by atoms with Crippen molar-refractivity contribution in [3.63, 3.8) is 0 Å². The monoisotopic (exact) mass is 453 g/mol. The summed E-state index contributed by atoms with van der Waals surface area (Å²) >= 11 is 6.35. The molecule has 2 saturated heterocycles. The number of fused-ring (bicyclic) bond motifs is 4. The first-order valence-electron chi connectivity index (χ1n) is 10.9. The van der Waals surface area contributed by atoms with E-state index in [2.05, 4.69) is 10.6 Å². The van der Waals surface area contributed by atoms with Gasteiger partial charge < -0.3 is 10.4 Å². The minimum atomic E-state index is -1.35. The van der Waals surface area contributed by atoms with Crippen LogP contribution in [-0.2, 0) is 26.3 Å². The van der Waals surface area contributed by atoms with Crippen molar-refractivity contribution >= 4 is 35.0 Å². The maximum atomic E-state index is 13.6. The Morgan fingerprint density at radius 1 is 1.09 bits per heavy atom. The molecule has 8 heteroatoms. The van der Waals surface area contributed by atoms with E-state index < -0.39 is 23.4 Å². The molecule has 166 valence electrons. The predicted octanol–water partition coefficient (Wildman–Crippen LogP) is 2.81. The first-order valence-corrected chi connectivity index (χ1v) is 11.3. The lowest BCUT2D eigenvalue weighted by molar-refractivity contribution is -0.142. The van der Waals surface area contributed by atoms with Crippen LogP contribution in [0.25, 0.3) is 0 Å². The van der Waals surface area contributed by atoms with Crippen LogP contribution in [-0.4, -0.2) is 40.3 Å². The molecule has 0 radical (unpaired) electrons. The maximum Gasteiger partial charge on any atom is 0.250 e. The number of unbranched alkanes of at least 4 members (excludes halogenated alkanes) is 1. The normalized spacial score (nSPS) is 28.4. The second-order valence-electron chi connectivity index (χ2n) is 8.73. The summed E-state index contributed by atoms with van der Waals surface area (Å²) in [5.41, 5.74) is 0.646. The molecule has 32 heavy (non-hydrogen) atoms. The summed E-state index contributed by atoms with van der Waals surface area (Å²) in [5.74, 6) is -2.25. The zero-order valence-corrected chi connectivity index (χ0v) is 18.4. The first-order chi connectivity index (χ1) is 15.4. The average Bonchev–Trinajstić information content (AvgIpc) is 3.35. The highest BCUT2D eigenvalue weighted by Crippen LogP contribution is 2.54. The smallest absolute Gasteiger partial charge is 0.250 e. The molecule has 3 amide bonds. The van der Waals surface area contributed by atoms with Crippen molar-refractivity contribution in [2.24, 2.45) is 11.8 Å². The zero-order valence-electron chi connectivity index (χ0n) is 17.6. The quantitative estimate of drug-likeness (QED) is 0.605. The van der Waals surface area contributed by atoms with Gasteiger partial charge in [-0.1, -0.05) is 49.2 Å². The van der Waals surface area contributed by atoms with Crippen molar-refractivity contribution < 1.29 is 19.5 Å². The van der Waals surface area contributed by atoms with Crippen LogP contribution in [0.3, 0.4) is 0 Å². The summed E-state index contributed by atoms with van der Waals surface area (Å²) in [5, 5.41) is 16.3. The Morgan fingerprint density at radius 2 is 1.84 bits per heavy atom. The Morgan fingerprint density at radius 3 is 2.56 bits per heavy atom. The zero-order chi connectivity index (χ0) is 22.6. The number of halogens is 1. The summed E-state index contributed by atoms with van der Waals surface area (Å²) in [7, 11) is 0. The number of aromatic hydroxyl groups is 1. The van der Waals surface area contributed by atoms with Crippen LogP contribution in [0.15, 0.2) is 42.5 Å². The Bertz CT molecular complexity index is 1120. The van der Waals surface area contributed by atoms with Gasteiger partial charge in [-0.25, -0.2) is 0 Å². The van der Waals surface area contributed by atoms with Gasteiger partial charge in [0, 0.05) is 18.2 Å². The van der Waals surface area contributed by atoms with E-state index in [0.29, 0.717) is 35.7 Å². The van der Waals surface area contributed by atoms with Crippen LogP contribution in [0.1, 0.15) is 30.9 Å². The highest BCUT2D eigenvalue weighted by molar-refractivity contribution is 6.35. The van der Waals surface area contributed by atoms with Crippen molar-refractivity contribution in [1.82, 2.24) is 10.2 Å². The minimum Gasteiger partial charge on any atom is -0.508 e. The molecule has 0 aliphatic carbocycles. The van der Waals surface area contributed by atoms with E-state index in [-0.39, 0.29) is 23.5 Å². The van der Waals surface area contributed by atoms with Crippen LogP contribution in [0.5, 0.6) is 5.75 Å². The van der Waals surface area contributed by atoms with Gasteiger partial charge in [0.25, 0.3) is 0 Å². The lowest BCUT2D eigenvalue weighted by Gasteiger charge is -2.29. The van der Waals surface area contributed by atoms with Gasteiger partial charge >= 0.3 is 0 Å². The fraction of sp³-hybridized carbons (Fsp3) is 0.375. The number of phenolic OH excluding ortho intramolecular Hbond substituents is 1. The average molecular weight is 454 g/mol. The van der Waals surface area contributed by atoms with Crippen LogP contribution in [0.4, 0.5) is 5.69 Å². The number of nitrogens with zero attached hydrogens (tertiary/aromatic N) is 1. The Kier molecular flexibility index (Phi) is 4.98. The molecule has 1 spiro atoms. The van der Waals surface area contributed by atoms with Crippen LogP contribution < -0.4 is 10.6 Å². The van der Waals surface area contributed by atoms with Crippen LogP contribution in [0, 0.1) is 11.8 Å². The number of benzene rings is 2. The summed E-state index contributed by atoms with van der Waals surface area (Å²) in [6.45, 7) is 2.36. The van der Waals surface area contributed by atoms with E-state index in [1.807, 2.05) is 6.92 Å². The van der Waals surface area contributed by atoms with Gasteiger partial charge in [0.2, 0.25) is 17.7 Å². The van der Waals surface area contributed by atoms with Gasteiger partial charge in [-0.05, 0) is 36.6 Å². The van der Waals surface area contributed by atoms with Crippen LogP contribution in [0.2, 0.25) is 5.02 Å². The van der Waals surface area contributed by atoms with Crippen molar-refractivity contribution in [3.05, 3.63) is 58.6 Å². The molecule has 0 saturated carbocycles. The number of likely N-dealkylation sites (tertiary alicyclic amines) is 1. The molecule has 0 unspecified atom stereocenters. The van der Waals surface area contributed by atoms with Gasteiger partial charge in [0.1, 0.15) is 11.3 Å². The molecule has 3 N–H and O–H groups in total. The largest absolute Gasteiger partial charge is 0.508 e. The number of rotatable bonds is 5. The Labute approximate surface area is 190 Å². The number of imide groups is 1. The molecule has 3 aliphatic rings. The number of hydrogen-bond acceptors (Lipinski definition) is 5. The number of para-hydroxylation sites is 1. The Hall–Kier alpha value is -2.90. The number of anilines is 1. The fourth-order valence-electron chi connectivity index (χ4n) is 5.45. The van der Waals surface area contributed by atoms with E-state index in [0.717, 1.165) is 12.0 Å². The number of carbonyl (C=O) groups excluding carboxylic acids is 3. The fourth-order valence-corrected chi connectivity index (χ4v) is 5.67. The molecule has 0 aromatic heterocycles. The van der Waals surface area contributed by atoms with E-state index in [4.69, 9.17) is 11.6 Å². The molecular weight excluding hydrogens is 430 g/mol. The lowest BCUT2D eigenvalue weighted by Crippen LogP contribution is -2.53. The molecule has 5 rings (SSSR count). The third-order valence-electron chi connectivity index (χ3n) is 6.92. The highest BCUT2D eigenvalue weighted by Gasteiger charge is 2.70. The summed E-state index contributed by atoms with van der Waals surface area (Å²) in [4.78, 5) is 41.8. The van der Waals surface area contributed by atoms with Crippen molar-refractivity contribution in [2.45, 2.75) is 37.8 Å². The van der Waals surface area contributed by atoms with Crippen molar-refractivity contribution in [2.75, 3.05) is 11.9 Å². The van der Waals surface area contributed by atoms with E-state index >= 15 is 0 Å². The summed E-state index contributed by atoms with van der Waals surface area (Å²) in [6, 6.07) is 11.5. The topological polar surface area (TPSA) is 98.7 Å². The molecule has 2 aromatic rings. The molecule has 2 aromatic carbocycles. The molecule has 3 heterocycles. The molecule has 3 aliphatic heterocycles. The van der Waals surface area contributed by atoms with Crippen molar-refractivity contribution in [3.8, 4) is 5.75 Å². The maximum absolute atomic E-state index is 13.6. The highest BCUT2D eigenvalue weighted by atomic mass is 35.5. The number of phenols is 1. The van der Waals surface area contributed by atoms with Gasteiger partial charge in [0.15, 0.2) is 0 Å². The van der Waals surface area contributed by atoms with Gasteiger partial charge in [-0.3, -0.25) is 24.6 Å². The Balaban J connectivity index is 1.61. The predicted molar refractivity (Wildman–Crippen MR) is 119 cm³/mol. The van der Waals surface area contributed by atoms with Gasteiger partial charge in [0.05, 0.1) is 22.5 Å². The third-order valence-corrected chi connectivity index (χ3v) is 7.23. The minimum absolute atomic E-state index is 0.152. The standard InChI is InChI=1S/C24H24ClN3O4/c1-2-3-11-28-21(30)18-17(12-13-7-9-14(29)10-8-13)27-24(19(18)22(28)31)15-5-4-6-16(25)20(15)26-23(24)32/h4-10,17-19,27,29H,2-3,11-12H2,1H3,(H,26,32)/t17-,18+,19-,24+/m0/s1. The van der Waals surface area contributed by atoms with Crippen molar-refractivity contribution in [1.29, 1.82) is 0 Å². The number of amides is 3. The number of nitrogens with one attached hydrogen (secondary N) is 2. The summed E-state index contributed by atoms with van der Waals surface area (Å²) in [6.07, 6.45) is 2.01. The van der Waals surface area contributed by atoms with Gasteiger partial charge in [-0.2, -0.15) is 0 Å². The third kappa shape index (κ3) is 2.88.